The molecule has 0 bridgehead atoms. The highest BCUT2D eigenvalue weighted by atomic mass is 32.2. The SMILES string of the molecule is CCS(=O)(=O)C1C=CN1CC#N. The van der Waals surface area contributed by atoms with Crippen LogP contribution < -0.4 is 0 Å². The number of hydrogen-bond acceptors (Lipinski definition) is 4. The summed E-state index contributed by atoms with van der Waals surface area (Å²) < 4.78 is 22.5. The van der Waals surface area contributed by atoms with Gasteiger partial charge in [0.15, 0.2) is 15.2 Å². The Bertz CT molecular complexity index is 326. The van der Waals surface area contributed by atoms with Gasteiger partial charge >= 0.3 is 0 Å². The molecule has 4 nitrogen and oxygen atoms in total. The molecule has 0 spiro atoms. The molecule has 12 heavy (non-hydrogen) atoms. The molecule has 1 aliphatic heterocycles. The molecule has 1 atom stereocenters. The molecule has 1 unspecified atom stereocenters. The van der Waals surface area contributed by atoms with Crippen molar-refractivity contribution < 1.29 is 8.42 Å². The Morgan fingerprint density at radius 1 is 1.67 bits per heavy atom. The highest BCUT2D eigenvalue weighted by Gasteiger charge is 2.31. The maximum absolute atomic E-state index is 11.3. The van der Waals surface area contributed by atoms with Gasteiger partial charge in [-0.3, -0.25) is 0 Å². The second-order valence-electron chi connectivity index (χ2n) is 2.51. The van der Waals surface area contributed by atoms with Crippen LogP contribution in [0.5, 0.6) is 0 Å². The van der Waals surface area contributed by atoms with Crippen LogP contribution in [-0.2, 0) is 9.84 Å². The standard InChI is InChI=1S/C7H10N2O2S/c1-2-12(10,11)7-3-5-9(7)6-4-8/h3,5,7H,2,6H2,1H3. The molecule has 66 valence electrons. The largest absolute Gasteiger partial charge is 0.345 e. The van der Waals surface area contributed by atoms with Gasteiger partial charge in [-0.1, -0.05) is 6.92 Å². The first-order chi connectivity index (χ1) is 5.61. The van der Waals surface area contributed by atoms with Crippen molar-refractivity contribution in [2.45, 2.75) is 12.3 Å². The van der Waals surface area contributed by atoms with Crippen LogP contribution in [-0.4, -0.2) is 31.0 Å². The van der Waals surface area contributed by atoms with Crippen LogP contribution in [0, 0.1) is 11.3 Å². The number of hydrogen-bond donors (Lipinski definition) is 0. The zero-order chi connectivity index (χ0) is 9.19. The van der Waals surface area contributed by atoms with E-state index in [1.54, 1.807) is 19.2 Å². The second kappa shape index (κ2) is 3.15. The van der Waals surface area contributed by atoms with Crippen molar-refractivity contribution in [2.75, 3.05) is 12.3 Å². The third-order valence-corrected chi connectivity index (χ3v) is 3.76. The zero-order valence-corrected chi connectivity index (χ0v) is 7.58. The molecule has 0 aliphatic carbocycles. The minimum Gasteiger partial charge on any atom is -0.345 e. The van der Waals surface area contributed by atoms with E-state index in [4.69, 9.17) is 5.26 Å². The predicted octanol–water partition coefficient (Wildman–Crippen LogP) is 0.100. The molecule has 0 fully saturated rings. The fourth-order valence-electron chi connectivity index (χ4n) is 0.999. The van der Waals surface area contributed by atoms with Gasteiger partial charge in [-0.25, -0.2) is 8.42 Å². The van der Waals surface area contributed by atoms with Crippen LogP contribution >= 0.6 is 0 Å². The molecule has 1 aliphatic rings. The summed E-state index contributed by atoms with van der Waals surface area (Å²) in [4.78, 5) is 1.51. The molecule has 5 heteroatoms. The maximum Gasteiger partial charge on any atom is 0.174 e. The summed E-state index contributed by atoms with van der Waals surface area (Å²) in [5, 5.41) is 7.77. The van der Waals surface area contributed by atoms with Crippen LogP contribution in [0.2, 0.25) is 0 Å². The summed E-state index contributed by atoms with van der Waals surface area (Å²) in [7, 11) is -3.04. The second-order valence-corrected chi connectivity index (χ2v) is 4.90. The van der Waals surface area contributed by atoms with E-state index < -0.39 is 15.2 Å². The first kappa shape index (κ1) is 9.07. The molecular formula is C7H10N2O2S. The Morgan fingerprint density at radius 2 is 2.33 bits per heavy atom. The van der Waals surface area contributed by atoms with Crippen LogP contribution in [0.3, 0.4) is 0 Å². The number of nitrogens with zero attached hydrogens (tertiary/aromatic N) is 2. The first-order valence-corrected chi connectivity index (χ1v) is 5.36. The summed E-state index contributed by atoms with van der Waals surface area (Å²) in [6, 6.07) is 1.91. The average molecular weight is 186 g/mol. The maximum atomic E-state index is 11.3. The molecular weight excluding hydrogens is 176 g/mol. The first-order valence-electron chi connectivity index (χ1n) is 3.64. The van der Waals surface area contributed by atoms with E-state index in [9.17, 15) is 8.42 Å². The predicted molar refractivity (Wildman–Crippen MR) is 44.7 cm³/mol. The molecule has 0 radical (unpaired) electrons. The molecule has 1 rings (SSSR count). The fraction of sp³-hybridized carbons (Fsp3) is 0.571. The normalized spacial score (nSPS) is 21.7. The van der Waals surface area contributed by atoms with E-state index in [0.717, 1.165) is 0 Å². The highest BCUT2D eigenvalue weighted by Crippen LogP contribution is 2.18. The monoisotopic (exact) mass is 186 g/mol. The van der Waals surface area contributed by atoms with E-state index in [0.29, 0.717) is 0 Å². The fourth-order valence-corrected chi connectivity index (χ4v) is 2.21. The van der Waals surface area contributed by atoms with Crippen molar-refractivity contribution in [3.63, 3.8) is 0 Å². The molecule has 0 saturated carbocycles. The average Bonchev–Trinajstić information content (AvgIpc) is 1.97. The number of rotatable bonds is 3. The van der Waals surface area contributed by atoms with Crippen LogP contribution in [0.1, 0.15) is 6.92 Å². The smallest absolute Gasteiger partial charge is 0.174 e. The summed E-state index contributed by atoms with van der Waals surface area (Å²) in [5.74, 6) is 0.115. The third kappa shape index (κ3) is 1.43. The zero-order valence-electron chi connectivity index (χ0n) is 6.77. The van der Waals surface area contributed by atoms with Crippen LogP contribution in [0.25, 0.3) is 0 Å². The van der Waals surface area contributed by atoms with Crippen LogP contribution in [0.4, 0.5) is 0 Å². The summed E-state index contributed by atoms with van der Waals surface area (Å²) in [6.45, 7) is 1.74. The summed E-state index contributed by atoms with van der Waals surface area (Å²) in [5.41, 5.74) is 0. The van der Waals surface area contributed by atoms with Gasteiger partial charge in [-0.05, 0) is 6.08 Å². The van der Waals surface area contributed by atoms with Gasteiger partial charge in [0.25, 0.3) is 0 Å². The molecule has 0 aromatic rings. The van der Waals surface area contributed by atoms with Gasteiger partial charge in [0.1, 0.15) is 6.54 Å². The Kier molecular flexibility index (Phi) is 2.38. The Balaban J connectivity index is 2.71. The van der Waals surface area contributed by atoms with Crippen molar-refractivity contribution in [3.05, 3.63) is 12.3 Å². The van der Waals surface area contributed by atoms with E-state index in [1.807, 2.05) is 6.07 Å². The van der Waals surface area contributed by atoms with E-state index in [2.05, 4.69) is 0 Å². The lowest BCUT2D eigenvalue weighted by molar-refractivity contribution is 0.372. The van der Waals surface area contributed by atoms with Gasteiger partial charge in [-0.15, -0.1) is 0 Å². The van der Waals surface area contributed by atoms with Crippen LogP contribution in [0.15, 0.2) is 12.3 Å². The van der Waals surface area contributed by atoms with Crippen molar-refractivity contribution >= 4 is 9.84 Å². The van der Waals surface area contributed by atoms with Crippen molar-refractivity contribution in [1.29, 1.82) is 5.26 Å². The van der Waals surface area contributed by atoms with E-state index in [-0.39, 0.29) is 12.3 Å². The van der Waals surface area contributed by atoms with Gasteiger partial charge in [0.05, 0.1) is 6.07 Å². The van der Waals surface area contributed by atoms with Crippen molar-refractivity contribution in [2.24, 2.45) is 0 Å². The third-order valence-electron chi connectivity index (χ3n) is 1.79. The minimum absolute atomic E-state index is 0.115. The van der Waals surface area contributed by atoms with Gasteiger partial charge < -0.3 is 4.90 Å². The van der Waals surface area contributed by atoms with Gasteiger partial charge in [0.2, 0.25) is 0 Å². The lowest BCUT2D eigenvalue weighted by Crippen LogP contribution is -2.43. The van der Waals surface area contributed by atoms with Gasteiger partial charge in [0, 0.05) is 12.0 Å². The molecule has 0 amide bonds. The summed E-state index contributed by atoms with van der Waals surface area (Å²) in [6.07, 6.45) is 3.22. The number of nitriles is 1. The van der Waals surface area contributed by atoms with E-state index >= 15 is 0 Å². The number of sulfone groups is 1. The molecule has 0 aromatic heterocycles. The topological polar surface area (TPSA) is 61.2 Å². The van der Waals surface area contributed by atoms with Crippen molar-refractivity contribution in [1.82, 2.24) is 4.90 Å². The molecule has 0 saturated heterocycles. The van der Waals surface area contributed by atoms with E-state index in [1.165, 1.54) is 4.90 Å². The Hall–Kier alpha value is -1.02. The lowest BCUT2D eigenvalue weighted by atomic mass is 10.3. The molecule has 0 aromatic carbocycles. The Morgan fingerprint density at radius 3 is 2.67 bits per heavy atom. The minimum atomic E-state index is -3.04. The van der Waals surface area contributed by atoms with Crippen molar-refractivity contribution in [3.8, 4) is 6.07 Å². The van der Waals surface area contributed by atoms with Gasteiger partial charge in [-0.2, -0.15) is 5.26 Å². The quantitative estimate of drug-likeness (QED) is 0.586. The highest BCUT2D eigenvalue weighted by molar-refractivity contribution is 7.92. The Labute approximate surface area is 72.0 Å². The molecule has 1 heterocycles. The molecule has 0 N–H and O–H groups in total. The summed E-state index contributed by atoms with van der Waals surface area (Å²) >= 11 is 0. The lowest BCUT2D eigenvalue weighted by Gasteiger charge is -2.32.